The van der Waals surface area contributed by atoms with Gasteiger partial charge in [0.1, 0.15) is 0 Å². The van der Waals surface area contributed by atoms with Gasteiger partial charge in [0.25, 0.3) is 0 Å². The molecule has 0 fully saturated rings. The zero-order valence-corrected chi connectivity index (χ0v) is 12.2. The van der Waals surface area contributed by atoms with Gasteiger partial charge in [-0.05, 0) is 51.7 Å². The van der Waals surface area contributed by atoms with Gasteiger partial charge in [-0.3, -0.25) is 0 Å². The highest BCUT2D eigenvalue weighted by Crippen LogP contribution is 2.27. The lowest BCUT2D eigenvalue weighted by Crippen LogP contribution is -2.14. The van der Waals surface area contributed by atoms with Crippen molar-refractivity contribution in [3.63, 3.8) is 0 Å². The highest BCUT2D eigenvalue weighted by atomic mass is 79.9. The van der Waals surface area contributed by atoms with E-state index in [1.54, 1.807) is 18.2 Å². The zero-order chi connectivity index (χ0) is 14.0. The first-order valence-electron chi connectivity index (χ1n) is 5.62. The van der Waals surface area contributed by atoms with Crippen molar-refractivity contribution in [3.05, 3.63) is 68.7 Å². The smallest absolute Gasteiger partial charge is 0.162 e. The Balaban J connectivity index is 2.23. The van der Waals surface area contributed by atoms with Gasteiger partial charge in [-0.1, -0.05) is 29.8 Å². The molecule has 0 aliphatic carbocycles. The number of hydrogen-bond acceptors (Lipinski definition) is 1. The van der Waals surface area contributed by atoms with E-state index >= 15 is 0 Å². The minimum Gasteiger partial charge on any atom is -0.324 e. The predicted molar refractivity (Wildman–Crippen MR) is 76.1 cm³/mol. The normalized spacial score (nSPS) is 12.5. The summed E-state index contributed by atoms with van der Waals surface area (Å²) < 4.78 is 27.4. The molecule has 0 saturated heterocycles. The van der Waals surface area contributed by atoms with Crippen molar-refractivity contribution in [1.82, 2.24) is 0 Å². The number of halogens is 4. The fraction of sp³-hybridized carbons (Fsp3) is 0.143. The van der Waals surface area contributed by atoms with Gasteiger partial charge < -0.3 is 5.73 Å². The molecule has 2 aromatic rings. The van der Waals surface area contributed by atoms with Crippen LogP contribution in [0.2, 0.25) is 5.02 Å². The maximum absolute atomic E-state index is 13.6. The molecule has 0 aromatic heterocycles. The van der Waals surface area contributed by atoms with Gasteiger partial charge in [-0.2, -0.15) is 0 Å². The molecule has 1 unspecified atom stereocenters. The van der Waals surface area contributed by atoms with E-state index in [1.165, 1.54) is 12.1 Å². The average molecular weight is 347 g/mol. The van der Waals surface area contributed by atoms with Gasteiger partial charge in [0.05, 0.1) is 5.02 Å². The van der Waals surface area contributed by atoms with Crippen LogP contribution in [-0.2, 0) is 6.42 Å². The molecule has 0 radical (unpaired) electrons. The summed E-state index contributed by atoms with van der Waals surface area (Å²) in [5, 5.41) is 0.577. The monoisotopic (exact) mass is 345 g/mol. The Morgan fingerprint density at radius 3 is 2.63 bits per heavy atom. The van der Waals surface area contributed by atoms with E-state index in [4.69, 9.17) is 17.3 Å². The van der Waals surface area contributed by atoms with Crippen molar-refractivity contribution >= 4 is 27.5 Å². The Kier molecular flexibility index (Phi) is 4.55. The Morgan fingerprint density at radius 2 is 1.95 bits per heavy atom. The molecule has 100 valence electrons. The highest BCUT2D eigenvalue weighted by Gasteiger charge is 2.13. The standard InChI is InChI=1S/C14H11BrClF2N/c15-10-6-8(4-5-11(10)16)13(19)7-9-2-1-3-12(17)14(9)18/h1-6,13H,7,19H2. The summed E-state index contributed by atoms with van der Waals surface area (Å²) in [6.07, 6.45) is 0.220. The third-order valence-corrected chi connectivity index (χ3v) is 4.06. The second-order valence-corrected chi connectivity index (χ2v) is 5.46. The Hall–Kier alpha value is -0.970. The minimum absolute atomic E-state index is 0.220. The molecule has 0 spiro atoms. The van der Waals surface area contributed by atoms with Crippen LogP contribution in [0.25, 0.3) is 0 Å². The summed E-state index contributed by atoms with van der Waals surface area (Å²) in [6.45, 7) is 0. The maximum Gasteiger partial charge on any atom is 0.162 e. The van der Waals surface area contributed by atoms with Crippen LogP contribution in [0, 0.1) is 11.6 Å². The second-order valence-electron chi connectivity index (χ2n) is 4.20. The van der Waals surface area contributed by atoms with E-state index in [9.17, 15) is 8.78 Å². The van der Waals surface area contributed by atoms with Crippen LogP contribution in [0.3, 0.4) is 0 Å². The highest BCUT2D eigenvalue weighted by molar-refractivity contribution is 9.10. The Morgan fingerprint density at radius 1 is 1.21 bits per heavy atom. The molecule has 0 bridgehead atoms. The summed E-state index contributed by atoms with van der Waals surface area (Å²) in [6, 6.07) is 8.93. The van der Waals surface area contributed by atoms with E-state index < -0.39 is 17.7 Å². The molecule has 0 aliphatic rings. The lowest BCUT2D eigenvalue weighted by Gasteiger charge is -2.13. The number of rotatable bonds is 3. The first kappa shape index (κ1) is 14.4. The molecule has 0 saturated carbocycles. The maximum atomic E-state index is 13.6. The molecular weight excluding hydrogens is 336 g/mol. The van der Waals surface area contributed by atoms with Crippen molar-refractivity contribution in [1.29, 1.82) is 0 Å². The summed E-state index contributed by atoms with van der Waals surface area (Å²) in [5.74, 6) is -1.70. The molecule has 0 amide bonds. The van der Waals surface area contributed by atoms with Gasteiger partial charge in [-0.15, -0.1) is 0 Å². The molecule has 19 heavy (non-hydrogen) atoms. The van der Waals surface area contributed by atoms with E-state index in [0.717, 1.165) is 16.1 Å². The predicted octanol–water partition coefficient (Wildman–Crippen LogP) is 4.62. The second kappa shape index (κ2) is 5.99. The van der Waals surface area contributed by atoms with Crippen molar-refractivity contribution in [2.24, 2.45) is 5.73 Å². The van der Waals surface area contributed by atoms with Crippen LogP contribution in [0.5, 0.6) is 0 Å². The van der Waals surface area contributed by atoms with Crippen LogP contribution >= 0.6 is 27.5 Å². The van der Waals surface area contributed by atoms with Crippen molar-refractivity contribution < 1.29 is 8.78 Å². The van der Waals surface area contributed by atoms with Gasteiger partial charge in [-0.25, -0.2) is 8.78 Å². The van der Waals surface area contributed by atoms with Crippen molar-refractivity contribution in [2.45, 2.75) is 12.5 Å². The van der Waals surface area contributed by atoms with Crippen LogP contribution in [0.1, 0.15) is 17.2 Å². The van der Waals surface area contributed by atoms with Crippen LogP contribution < -0.4 is 5.73 Å². The molecular formula is C14H11BrClF2N. The number of hydrogen-bond donors (Lipinski definition) is 1. The fourth-order valence-electron chi connectivity index (χ4n) is 1.80. The quantitative estimate of drug-likeness (QED) is 0.862. The third-order valence-electron chi connectivity index (χ3n) is 2.84. The third kappa shape index (κ3) is 3.32. The number of nitrogens with two attached hydrogens (primary N) is 1. The SMILES string of the molecule is NC(Cc1cccc(F)c1F)c1ccc(Cl)c(Br)c1. The lowest BCUT2D eigenvalue weighted by molar-refractivity contribution is 0.494. The molecule has 2 aromatic carbocycles. The van der Waals surface area contributed by atoms with Crippen LogP contribution in [0.4, 0.5) is 8.78 Å². The van der Waals surface area contributed by atoms with E-state index in [2.05, 4.69) is 15.9 Å². The molecule has 5 heteroatoms. The Labute approximate surface area is 123 Å². The van der Waals surface area contributed by atoms with Gasteiger partial charge >= 0.3 is 0 Å². The molecule has 0 heterocycles. The van der Waals surface area contributed by atoms with Gasteiger partial charge in [0.15, 0.2) is 11.6 Å². The number of benzene rings is 2. The topological polar surface area (TPSA) is 26.0 Å². The molecule has 1 nitrogen and oxygen atoms in total. The van der Waals surface area contributed by atoms with Crippen molar-refractivity contribution in [2.75, 3.05) is 0 Å². The fourth-order valence-corrected chi connectivity index (χ4v) is 2.32. The van der Waals surface area contributed by atoms with Crippen LogP contribution in [-0.4, -0.2) is 0 Å². The van der Waals surface area contributed by atoms with Gasteiger partial charge in [0.2, 0.25) is 0 Å². The largest absolute Gasteiger partial charge is 0.324 e. The summed E-state index contributed by atoms with van der Waals surface area (Å²) in [5.41, 5.74) is 7.08. The summed E-state index contributed by atoms with van der Waals surface area (Å²) >= 11 is 9.20. The summed E-state index contributed by atoms with van der Waals surface area (Å²) in [7, 11) is 0. The summed E-state index contributed by atoms with van der Waals surface area (Å²) in [4.78, 5) is 0. The first-order chi connectivity index (χ1) is 8.99. The minimum atomic E-state index is -0.859. The van der Waals surface area contributed by atoms with E-state index in [1.807, 2.05) is 0 Å². The zero-order valence-electron chi connectivity index (χ0n) is 9.84. The lowest BCUT2D eigenvalue weighted by atomic mass is 9.99. The molecule has 2 rings (SSSR count). The first-order valence-corrected chi connectivity index (χ1v) is 6.79. The van der Waals surface area contributed by atoms with Gasteiger partial charge in [0, 0.05) is 10.5 Å². The molecule has 0 aliphatic heterocycles. The average Bonchev–Trinajstić information content (AvgIpc) is 2.38. The van der Waals surface area contributed by atoms with Crippen LogP contribution in [0.15, 0.2) is 40.9 Å². The molecule has 1 atom stereocenters. The Bertz CT molecular complexity index is 604. The van der Waals surface area contributed by atoms with E-state index in [-0.39, 0.29) is 12.0 Å². The molecule has 2 N–H and O–H groups in total. The van der Waals surface area contributed by atoms with Crippen molar-refractivity contribution in [3.8, 4) is 0 Å². The van der Waals surface area contributed by atoms with E-state index in [0.29, 0.717) is 5.02 Å².